The average Bonchev–Trinajstić information content (AvgIpc) is 3.42. The summed E-state index contributed by atoms with van der Waals surface area (Å²) in [6.45, 7) is 5.76. The molecule has 4 heterocycles. The number of hydrogen-bond donors (Lipinski definition) is 1. The van der Waals surface area contributed by atoms with E-state index in [4.69, 9.17) is 9.52 Å². The van der Waals surface area contributed by atoms with Crippen molar-refractivity contribution in [3.63, 3.8) is 0 Å². The first-order chi connectivity index (χ1) is 16.6. The molecule has 172 valence electrons. The number of aryl methyl sites for hydroxylation is 2. The smallest absolute Gasteiger partial charge is 0.278 e. The molecule has 1 saturated heterocycles. The third-order valence-corrected chi connectivity index (χ3v) is 6.73. The Hall–Kier alpha value is -3.87. The van der Waals surface area contributed by atoms with Crippen molar-refractivity contribution in [3.05, 3.63) is 81.6 Å². The lowest BCUT2D eigenvalue weighted by molar-refractivity contribution is 0.561. The first-order valence-corrected chi connectivity index (χ1v) is 11.9. The van der Waals surface area contributed by atoms with E-state index in [1.807, 2.05) is 50.2 Å². The number of fused-ring (bicyclic) bond motifs is 2. The third-order valence-electron chi connectivity index (χ3n) is 6.73. The predicted octanol–water partition coefficient (Wildman–Crippen LogP) is 5.03. The van der Waals surface area contributed by atoms with Gasteiger partial charge in [0.15, 0.2) is 17.1 Å². The summed E-state index contributed by atoms with van der Waals surface area (Å²) in [6.07, 6.45) is 4.04. The van der Waals surface area contributed by atoms with E-state index in [0.717, 1.165) is 70.9 Å². The Bertz CT molecular complexity index is 1560. The Kier molecular flexibility index (Phi) is 4.98. The summed E-state index contributed by atoms with van der Waals surface area (Å²) in [6, 6.07) is 16.0. The van der Waals surface area contributed by atoms with E-state index in [1.165, 1.54) is 6.42 Å². The number of benzene rings is 2. The summed E-state index contributed by atoms with van der Waals surface area (Å²) in [4.78, 5) is 24.1. The van der Waals surface area contributed by atoms with Crippen LogP contribution in [0.5, 0.6) is 0 Å². The molecule has 1 aliphatic heterocycles. The van der Waals surface area contributed by atoms with Gasteiger partial charge in [-0.05, 0) is 43.9 Å². The van der Waals surface area contributed by atoms with Gasteiger partial charge in [0.25, 0.3) is 5.56 Å². The van der Waals surface area contributed by atoms with Crippen LogP contribution in [-0.4, -0.2) is 32.7 Å². The van der Waals surface area contributed by atoms with Crippen molar-refractivity contribution < 1.29 is 4.42 Å². The van der Waals surface area contributed by atoms with Gasteiger partial charge in [0, 0.05) is 43.3 Å². The second-order valence-corrected chi connectivity index (χ2v) is 9.12. The van der Waals surface area contributed by atoms with Crippen LogP contribution in [0.15, 0.2) is 57.7 Å². The quantitative estimate of drug-likeness (QED) is 0.413. The van der Waals surface area contributed by atoms with Crippen molar-refractivity contribution >= 4 is 22.4 Å². The van der Waals surface area contributed by atoms with Crippen LogP contribution in [0.2, 0.25) is 0 Å². The largest absolute Gasteiger partial charge is 0.441 e. The molecule has 1 aliphatic rings. The Morgan fingerprint density at radius 2 is 1.82 bits per heavy atom. The number of anilines is 1. The molecule has 5 aromatic rings. The fourth-order valence-corrected chi connectivity index (χ4v) is 5.03. The zero-order chi connectivity index (χ0) is 23.2. The monoisotopic (exact) mass is 453 g/mol. The standard InChI is InChI=1S/C27H27N5O2/c1-17-21(15-19-11-12-23-22(16-19)29-18(2)34-23)27(33)32-26(28-17)25(31-13-7-4-8-14-31)24(30-32)20-9-5-3-6-10-20/h3,5-6,9-12,16,28H,4,7-8,13-15H2,1-2H3. The van der Waals surface area contributed by atoms with E-state index in [0.29, 0.717) is 17.9 Å². The molecule has 0 unspecified atom stereocenters. The van der Waals surface area contributed by atoms with Crippen LogP contribution in [0.3, 0.4) is 0 Å². The highest BCUT2D eigenvalue weighted by Gasteiger charge is 2.25. The van der Waals surface area contributed by atoms with Gasteiger partial charge in [0.1, 0.15) is 16.9 Å². The second kappa shape index (κ2) is 8.17. The molecule has 0 amide bonds. The van der Waals surface area contributed by atoms with E-state index >= 15 is 0 Å². The van der Waals surface area contributed by atoms with Crippen LogP contribution in [-0.2, 0) is 6.42 Å². The molecule has 1 fully saturated rings. The number of piperidine rings is 1. The summed E-state index contributed by atoms with van der Waals surface area (Å²) in [5.41, 5.74) is 7.75. The fraction of sp³-hybridized carbons (Fsp3) is 0.296. The Balaban J connectivity index is 1.50. The lowest BCUT2D eigenvalue weighted by Gasteiger charge is -2.28. The Morgan fingerprint density at radius 1 is 1.03 bits per heavy atom. The first kappa shape index (κ1) is 20.7. The van der Waals surface area contributed by atoms with Crippen LogP contribution < -0.4 is 10.5 Å². The molecule has 0 saturated carbocycles. The van der Waals surface area contributed by atoms with Crippen LogP contribution in [0.25, 0.3) is 28.0 Å². The predicted molar refractivity (Wildman–Crippen MR) is 134 cm³/mol. The van der Waals surface area contributed by atoms with Crippen LogP contribution in [0.4, 0.5) is 5.69 Å². The number of H-pyrrole nitrogens is 1. The summed E-state index contributed by atoms with van der Waals surface area (Å²) >= 11 is 0. The molecular formula is C27H27N5O2. The number of aromatic nitrogens is 4. The van der Waals surface area contributed by atoms with Gasteiger partial charge in [0.2, 0.25) is 0 Å². The maximum absolute atomic E-state index is 13.7. The van der Waals surface area contributed by atoms with Crippen LogP contribution >= 0.6 is 0 Å². The van der Waals surface area contributed by atoms with Crippen molar-refractivity contribution in [1.29, 1.82) is 0 Å². The molecule has 7 heteroatoms. The lowest BCUT2D eigenvalue weighted by Crippen LogP contribution is -2.30. The summed E-state index contributed by atoms with van der Waals surface area (Å²) in [5, 5.41) is 4.86. The molecule has 6 rings (SSSR count). The summed E-state index contributed by atoms with van der Waals surface area (Å²) < 4.78 is 7.16. The minimum atomic E-state index is -0.0804. The van der Waals surface area contributed by atoms with Crippen molar-refractivity contribution in [2.45, 2.75) is 39.5 Å². The zero-order valence-electron chi connectivity index (χ0n) is 19.5. The van der Waals surface area contributed by atoms with Gasteiger partial charge < -0.3 is 14.3 Å². The van der Waals surface area contributed by atoms with Crippen LogP contribution in [0.1, 0.15) is 42.0 Å². The summed E-state index contributed by atoms with van der Waals surface area (Å²) in [5.74, 6) is 0.637. The average molecular weight is 454 g/mol. The molecular weight excluding hydrogens is 426 g/mol. The van der Waals surface area contributed by atoms with Gasteiger partial charge in [-0.25, -0.2) is 4.98 Å². The van der Waals surface area contributed by atoms with E-state index in [1.54, 1.807) is 4.52 Å². The number of nitrogens with one attached hydrogen (secondary N) is 1. The molecule has 0 spiro atoms. The zero-order valence-corrected chi connectivity index (χ0v) is 19.5. The summed E-state index contributed by atoms with van der Waals surface area (Å²) in [7, 11) is 0. The van der Waals surface area contributed by atoms with Gasteiger partial charge in [0.05, 0.1) is 0 Å². The molecule has 0 aliphatic carbocycles. The molecule has 0 bridgehead atoms. The molecule has 2 aromatic carbocycles. The number of aromatic amines is 1. The van der Waals surface area contributed by atoms with E-state index in [9.17, 15) is 4.79 Å². The highest BCUT2D eigenvalue weighted by molar-refractivity contribution is 5.86. The topological polar surface area (TPSA) is 79.4 Å². The third kappa shape index (κ3) is 3.48. The highest BCUT2D eigenvalue weighted by Crippen LogP contribution is 2.34. The Morgan fingerprint density at radius 3 is 2.62 bits per heavy atom. The highest BCUT2D eigenvalue weighted by atomic mass is 16.3. The van der Waals surface area contributed by atoms with Gasteiger partial charge in [-0.2, -0.15) is 9.61 Å². The minimum Gasteiger partial charge on any atom is -0.441 e. The van der Waals surface area contributed by atoms with Gasteiger partial charge in [-0.3, -0.25) is 4.79 Å². The first-order valence-electron chi connectivity index (χ1n) is 11.9. The van der Waals surface area contributed by atoms with Gasteiger partial charge >= 0.3 is 0 Å². The molecule has 3 aromatic heterocycles. The van der Waals surface area contributed by atoms with Gasteiger partial charge in [-0.1, -0.05) is 36.4 Å². The van der Waals surface area contributed by atoms with Crippen molar-refractivity contribution in [1.82, 2.24) is 19.6 Å². The maximum Gasteiger partial charge on any atom is 0.278 e. The second-order valence-electron chi connectivity index (χ2n) is 9.12. The maximum atomic E-state index is 13.7. The van der Waals surface area contributed by atoms with Crippen molar-refractivity contribution in [2.24, 2.45) is 0 Å². The normalized spacial score (nSPS) is 14.4. The number of nitrogens with zero attached hydrogens (tertiary/aromatic N) is 4. The molecule has 7 nitrogen and oxygen atoms in total. The minimum absolute atomic E-state index is 0.0804. The molecule has 1 N–H and O–H groups in total. The SMILES string of the molecule is Cc1nc2cc(Cc3c(C)[nH]c4c(N5CCCCC5)c(-c5ccccc5)nn4c3=O)ccc2o1. The number of oxazole rings is 1. The molecule has 0 atom stereocenters. The molecule has 0 radical (unpaired) electrons. The molecule has 34 heavy (non-hydrogen) atoms. The van der Waals surface area contributed by atoms with E-state index in [-0.39, 0.29) is 5.56 Å². The number of hydrogen-bond acceptors (Lipinski definition) is 5. The van der Waals surface area contributed by atoms with E-state index < -0.39 is 0 Å². The van der Waals surface area contributed by atoms with Crippen LogP contribution in [0, 0.1) is 13.8 Å². The lowest BCUT2D eigenvalue weighted by atomic mass is 10.0. The van der Waals surface area contributed by atoms with E-state index in [2.05, 4.69) is 27.0 Å². The Labute approximate surface area is 197 Å². The van der Waals surface area contributed by atoms with Crippen molar-refractivity contribution in [3.8, 4) is 11.3 Å². The fourth-order valence-electron chi connectivity index (χ4n) is 5.03. The van der Waals surface area contributed by atoms with Gasteiger partial charge in [-0.15, -0.1) is 0 Å². The van der Waals surface area contributed by atoms with Crippen molar-refractivity contribution in [2.75, 3.05) is 18.0 Å². The number of rotatable bonds is 4.